The molecule has 3 rings (SSSR count). The zero-order valence-corrected chi connectivity index (χ0v) is 20.4. The molecule has 32 heavy (non-hydrogen) atoms. The van der Waals surface area contributed by atoms with Crippen molar-refractivity contribution in [3.63, 3.8) is 0 Å². The molecule has 0 spiro atoms. The van der Waals surface area contributed by atoms with Crippen LogP contribution in [0.5, 0.6) is 5.75 Å². The second-order valence-corrected chi connectivity index (χ2v) is 9.44. The first-order valence-electron chi connectivity index (χ1n) is 11.6. The average Bonchev–Trinajstić information content (AvgIpc) is 3.26. The molecule has 1 N–H and O–H groups in total. The third-order valence-corrected chi connectivity index (χ3v) is 6.80. The molecule has 1 aliphatic heterocycles. The maximum absolute atomic E-state index is 13.3. The van der Waals surface area contributed by atoms with Crippen LogP contribution in [0.25, 0.3) is 0 Å². The number of rotatable bonds is 9. The summed E-state index contributed by atoms with van der Waals surface area (Å²) in [7, 11) is 0. The van der Waals surface area contributed by atoms with Crippen LogP contribution in [0.3, 0.4) is 0 Å². The number of hydrogen-bond donors (Lipinski definition) is 1. The Labute approximate surface area is 195 Å². The van der Waals surface area contributed by atoms with E-state index in [9.17, 15) is 9.59 Å². The molecule has 1 aromatic carbocycles. The largest absolute Gasteiger partial charge is 0.491 e. The first-order valence-corrected chi connectivity index (χ1v) is 12.4. The van der Waals surface area contributed by atoms with E-state index in [-0.39, 0.29) is 24.5 Å². The van der Waals surface area contributed by atoms with E-state index in [2.05, 4.69) is 42.7 Å². The molecule has 2 heterocycles. The fourth-order valence-corrected chi connectivity index (χ4v) is 4.97. The third-order valence-electron chi connectivity index (χ3n) is 5.80. The molecule has 1 atom stereocenters. The maximum Gasteiger partial charge on any atom is 0.317 e. The number of benzene rings is 1. The molecule has 1 aliphatic rings. The normalized spacial score (nSPS) is 15.4. The molecule has 1 aromatic heterocycles. The molecular formula is C25H35N3O3S. The van der Waals surface area contributed by atoms with Gasteiger partial charge in [0.2, 0.25) is 5.91 Å². The Morgan fingerprint density at radius 2 is 1.97 bits per heavy atom. The molecule has 0 saturated heterocycles. The number of thiophene rings is 1. The lowest BCUT2D eigenvalue weighted by Crippen LogP contribution is -2.50. The lowest BCUT2D eigenvalue weighted by atomic mass is 10.00. The highest BCUT2D eigenvalue weighted by molar-refractivity contribution is 7.10. The number of fused-ring (bicyclic) bond motifs is 1. The molecule has 0 unspecified atom stereocenters. The molecule has 3 amide bonds. The molecule has 0 radical (unpaired) electrons. The Kier molecular flexibility index (Phi) is 8.56. The van der Waals surface area contributed by atoms with Crippen molar-refractivity contribution in [1.29, 1.82) is 0 Å². The zero-order chi connectivity index (χ0) is 23.1. The van der Waals surface area contributed by atoms with Gasteiger partial charge in [-0.2, -0.15) is 0 Å². The van der Waals surface area contributed by atoms with Crippen molar-refractivity contribution in [2.75, 3.05) is 32.8 Å². The van der Waals surface area contributed by atoms with Crippen molar-refractivity contribution < 1.29 is 14.3 Å². The summed E-state index contributed by atoms with van der Waals surface area (Å²) in [6.45, 7) is 10.4. The minimum absolute atomic E-state index is 0.0368. The summed E-state index contributed by atoms with van der Waals surface area (Å²) < 4.78 is 6.14. The van der Waals surface area contributed by atoms with Crippen LogP contribution in [-0.4, -0.2) is 54.5 Å². The van der Waals surface area contributed by atoms with Crippen molar-refractivity contribution in [2.45, 2.75) is 52.5 Å². The fourth-order valence-electron chi connectivity index (χ4n) is 4.04. The van der Waals surface area contributed by atoms with Gasteiger partial charge in [0, 0.05) is 24.5 Å². The van der Waals surface area contributed by atoms with E-state index in [4.69, 9.17) is 4.74 Å². The van der Waals surface area contributed by atoms with Crippen molar-refractivity contribution in [3.05, 3.63) is 51.7 Å². The van der Waals surface area contributed by atoms with Gasteiger partial charge in [-0.05, 0) is 60.4 Å². The minimum Gasteiger partial charge on any atom is -0.491 e. The molecular weight excluding hydrogens is 422 g/mol. The predicted molar refractivity (Wildman–Crippen MR) is 129 cm³/mol. The Hall–Kier alpha value is -2.54. The highest BCUT2D eigenvalue weighted by Crippen LogP contribution is 2.34. The summed E-state index contributed by atoms with van der Waals surface area (Å²) >= 11 is 1.74. The summed E-state index contributed by atoms with van der Waals surface area (Å²) in [5.41, 5.74) is 2.43. The Morgan fingerprint density at radius 1 is 1.22 bits per heavy atom. The SMILES string of the molecule is CCCN(CC(=O)N1CCc2sccc2[C@@H]1COc1ccc(C(C)C)cc1)C(=O)NCC. The second kappa shape index (κ2) is 11.4. The smallest absolute Gasteiger partial charge is 0.317 e. The summed E-state index contributed by atoms with van der Waals surface area (Å²) in [5, 5.41) is 4.90. The number of hydrogen-bond acceptors (Lipinski definition) is 4. The van der Waals surface area contributed by atoms with Crippen LogP contribution >= 0.6 is 11.3 Å². The van der Waals surface area contributed by atoms with Crippen molar-refractivity contribution in [3.8, 4) is 5.75 Å². The summed E-state index contributed by atoms with van der Waals surface area (Å²) in [6, 6.07) is 9.94. The van der Waals surface area contributed by atoms with Gasteiger partial charge in [-0.25, -0.2) is 4.79 Å². The highest BCUT2D eigenvalue weighted by Gasteiger charge is 2.33. The predicted octanol–water partition coefficient (Wildman–Crippen LogP) is 4.82. The Balaban J connectivity index is 1.73. The quantitative estimate of drug-likeness (QED) is 0.587. The van der Waals surface area contributed by atoms with Gasteiger partial charge in [-0.15, -0.1) is 11.3 Å². The first-order chi connectivity index (χ1) is 15.4. The van der Waals surface area contributed by atoms with E-state index in [1.165, 1.54) is 10.4 Å². The molecule has 6 nitrogen and oxygen atoms in total. The lowest BCUT2D eigenvalue weighted by molar-refractivity contribution is -0.135. The molecule has 174 valence electrons. The summed E-state index contributed by atoms with van der Waals surface area (Å²) in [6.07, 6.45) is 1.64. The van der Waals surface area contributed by atoms with Gasteiger partial charge < -0.3 is 19.9 Å². The monoisotopic (exact) mass is 457 g/mol. The van der Waals surface area contributed by atoms with E-state index >= 15 is 0 Å². The van der Waals surface area contributed by atoms with Gasteiger partial charge in [-0.1, -0.05) is 32.9 Å². The number of ether oxygens (including phenoxy) is 1. The van der Waals surface area contributed by atoms with E-state index in [0.717, 1.165) is 24.2 Å². The molecule has 0 saturated carbocycles. The summed E-state index contributed by atoms with van der Waals surface area (Å²) in [4.78, 5) is 30.5. The van der Waals surface area contributed by atoms with Crippen LogP contribution in [0.4, 0.5) is 4.79 Å². The van der Waals surface area contributed by atoms with Gasteiger partial charge >= 0.3 is 6.03 Å². The van der Waals surface area contributed by atoms with E-state index in [1.807, 2.05) is 30.9 Å². The molecule has 0 bridgehead atoms. The van der Waals surface area contributed by atoms with Gasteiger partial charge in [0.25, 0.3) is 0 Å². The number of amides is 3. The maximum atomic E-state index is 13.3. The standard InChI is InChI=1S/C25H35N3O3S/c1-5-13-27(25(30)26-6-2)16-24(29)28-14-11-23-21(12-15-32-23)22(28)17-31-20-9-7-19(8-10-20)18(3)4/h7-10,12,15,18,22H,5-6,11,13-14,16-17H2,1-4H3,(H,26,30)/t22-/m0/s1. The van der Waals surface area contributed by atoms with Crippen LogP contribution < -0.4 is 10.1 Å². The first kappa shape index (κ1) is 24.1. The topological polar surface area (TPSA) is 61.9 Å². The van der Waals surface area contributed by atoms with E-state index in [0.29, 0.717) is 32.2 Å². The van der Waals surface area contributed by atoms with Crippen LogP contribution in [0.1, 0.15) is 62.1 Å². The molecule has 7 heteroatoms. The van der Waals surface area contributed by atoms with Crippen LogP contribution in [0.2, 0.25) is 0 Å². The molecule has 0 aliphatic carbocycles. The highest BCUT2D eigenvalue weighted by atomic mass is 32.1. The van der Waals surface area contributed by atoms with E-state index < -0.39 is 0 Å². The van der Waals surface area contributed by atoms with E-state index in [1.54, 1.807) is 16.2 Å². The van der Waals surface area contributed by atoms with Crippen LogP contribution in [-0.2, 0) is 11.2 Å². The lowest BCUT2D eigenvalue weighted by Gasteiger charge is -2.37. The van der Waals surface area contributed by atoms with Crippen LogP contribution in [0.15, 0.2) is 35.7 Å². The second-order valence-electron chi connectivity index (χ2n) is 8.44. The average molecular weight is 458 g/mol. The number of carbonyl (C=O) groups is 2. The Morgan fingerprint density at radius 3 is 2.62 bits per heavy atom. The van der Waals surface area contributed by atoms with Gasteiger partial charge in [0.15, 0.2) is 0 Å². The zero-order valence-electron chi connectivity index (χ0n) is 19.6. The van der Waals surface area contributed by atoms with Crippen LogP contribution in [0, 0.1) is 0 Å². The van der Waals surface area contributed by atoms with Crippen molar-refractivity contribution in [2.24, 2.45) is 0 Å². The number of urea groups is 1. The third kappa shape index (κ3) is 5.82. The molecule has 2 aromatic rings. The summed E-state index contributed by atoms with van der Waals surface area (Å²) in [5.74, 6) is 1.24. The minimum atomic E-state index is -0.186. The number of nitrogens with zero attached hydrogens (tertiary/aromatic N) is 2. The number of nitrogens with one attached hydrogen (secondary N) is 1. The Bertz CT molecular complexity index is 894. The number of carbonyl (C=O) groups excluding carboxylic acids is 2. The van der Waals surface area contributed by atoms with Gasteiger partial charge in [-0.3, -0.25) is 4.79 Å². The van der Waals surface area contributed by atoms with Crippen molar-refractivity contribution >= 4 is 23.3 Å². The fraction of sp³-hybridized carbons (Fsp3) is 0.520. The van der Waals surface area contributed by atoms with Gasteiger partial charge in [0.05, 0.1) is 6.04 Å². The van der Waals surface area contributed by atoms with Crippen molar-refractivity contribution in [1.82, 2.24) is 15.1 Å². The van der Waals surface area contributed by atoms with Gasteiger partial charge in [0.1, 0.15) is 18.9 Å². The molecule has 0 fully saturated rings.